The maximum atomic E-state index is 5.58. The number of benzene rings is 1. The van der Waals surface area contributed by atoms with Crippen LogP contribution >= 0.6 is 0 Å². The molecule has 2 saturated heterocycles. The van der Waals surface area contributed by atoms with Crippen molar-refractivity contribution in [2.75, 3.05) is 53.1 Å². The van der Waals surface area contributed by atoms with Crippen LogP contribution in [-0.2, 0) is 9.47 Å². The minimum atomic E-state index is 0.213. The maximum absolute atomic E-state index is 5.58. The first-order valence-electron chi connectivity index (χ1n) is 9.39. The van der Waals surface area contributed by atoms with Gasteiger partial charge in [0.2, 0.25) is 0 Å². The molecule has 1 atom stereocenters. The number of rotatable bonds is 8. The first-order chi connectivity index (χ1) is 11.8. The molecule has 0 saturated carbocycles. The third-order valence-corrected chi connectivity index (χ3v) is 5.57. The number of methoxy groups -OCH3 is 1. The summed E-state index contributed by atoms with van der Waals surface area (Å²) in [6.07, 6.45) is 4.84. The second-order valence-corrected chi connectivity index (χ2v) is 7.40. The highest BCUT2D eigenvalue weighted by Gasteiger charge is 2.33. The molecule has 4 nitrogen and oxygen atoms in total. The van der Waals surface area contributed by atoms with Gasteiger partial charge in [-0.2, -0.15) is 0 Å². The van der Waals surface area contributed by atoms with Gasteiger partial charge in [0.15, 0.2) is 0 Å². The van der Waals surface area contributed by atoms with Crippen LogP contribution in [-0.4, -0.2) is 58.0 Å². The number of likely N-dealkylation sites (tertiary alicyclic amines) is 1. The van der Waals surface area contributed by atoms with Gasteiger partial charge in [-0.25, -0.2) is 0 Å². The highest BCUT2D eigenvalue weighted by atomic mass is 16.5. The number of nitrogens with zero attached hydrogens (tertiary/aromatic N) is 1. The molecule has 0 spiro atoms. The highest BCUT2D eigenvalue weighted by Crippen LogP contribution is 2.31. The van der Waals surface area contributed by atoms with Crippen molar-refractivity contribution in [2.24, 2.45) is 5.41 Å². The van der Waals surface area contributed by atoms with E-state index in [1.807, 2.05) is 7.11 Å². The van der Waals surface area contributed by atoms with Gasteiger partial charge in [0.1, 0.15) is 0 Å². The Labute approximate surface area is 146 Å². The smallest absolute Gasteiger partial charge is 0.0532 e. The zero-order valence-electron chi connectivity index (χ0n) is 15.0. The van der Waals surface area contributed by atoms with Gasteiger partial charge >= 0.3 is 0 Å². The average molecular weight is 332 g/mol. The Hall–Kier alpha value is -0.940. The Balaban J connectivity index is 1.65. The van der Waals surface area contributed by atoms with Gasteiger partial charge in [-0.1, -0.05) is 30.3 Å². The molecule has 1 aromatic rings. The van der Waals surface area contributed by atoms with Gasteiger partial charge in [-0.05, 0) is 44.3 Å². The van der Waals surface area contributed by atoms with E-state index in [-0.39, 0.29) is 5.41 Å². The summed E-state index contributed by atoms with van der Waals surface area (Å²) >= 11 is 0. The van der Waals surface area contributed by atoms with Crippen LogP contribution in [0.15, 0.2) is 30.3 Å². The molecule has 3 rings (SSSR count). The molecule has 0 radical (unpaired) electrons. The van der Waals surface area contributed by atoms with Crippen molar-refractivity contribution < 1.29 is 9.47 Å². The average Bonchev–Trinajstić information content (AvgIpc) is 3.14. The summed E-state index contributed by atoms with van der Waals surface area (Å²) in [7, 11) is 1.82. The summed E-state index contributed by atoms with van der Waals surface area (Å²) in [5, 5.41) is 3.88. The van der Waals surface area contributed by atoms with Crippen LogP contribution in [0.4, 0.5) is 0 Å². The van der Waals surface area contributed by atoms with Crippen molar-refractivity contribution >= 4 is 0 Å². The third kappa shape index (κ3) is 4.79. The van der Waals surface area contributed by atoms with Crippen LogP contribution in [0, 0.1) is 5.41 Å². The highest BCUT2D eigenvalue weighted by molar-refractivity contribution is 5.19. The summed E-state index contributed by atoms with van der Waals surface area (Å²) < 4.78 is 11.1. The van der Waals surface area contributed by atoms with Crippen molar-refractivity contribution in [3.05, 3.63) is 35.9 Å². The summed E-state index contributed by atoms with van der Waals surface area (Å²) in [5.41, 5.74) is 1.61. The lowest BCUT2D eigenvalue weighted by Gasteiger charge is -2.38. The summed E-state index contributed by atoms with van der Waals surface area (Å²) in [5.74, 6) is 0. The molecule has 134 valence electrons. The quantitative estimate of drug-likeness (QED) is 0.794. The van der Waals surface area contributed by atoms with Gasteiger partial charge in [0, 0.05) is 44.9 Å². The molecule has 0 aromatic heterocycles. The Bertz CT molecular complexity index is 462. The molecule has 4 heteroatoms. The van der Waals surface area contributed by atoms with Crippen LogP contribution in [0.1, 0.15) is 37.3 Å². The molecule has 24 heavy (non-hydrogen) atoms. The normalized spacial score (nSPS) is 22.5. The van der Waals surface area contributed by atoms with E-state index in [4.69, 9.17) is 9.47 Å². The van der Waals surface area contributed by atoms with Crippen LogP contribution in [0.5, 0.6) is 0 Å². The molecule has 0 bridgehead atoms. The lowest BCUT2D eigenvalue weighted by atomic mass is 9.80. The zero-order valence-corrected chi connectivity index (χ0v) is 15.0. The Morgan fingerprint density at radius 1 is 1.17 bits per heavy atom. The fraction of sp³-hybridized carbons (Fsp3) is 0.700. The molecular weight excluding hydrogens is 300 g/mol. The van der Waals surface area contributed by atoms with Crippen molar-refractivity contribution in [2.45, 2.75) is 31.7 Å². The SMILES string of the molecule is COCC1(CNC(CN2CCCC2)c2ccccc2)CCOCC1. The third-order valence-electron chi connectivity index (χ3n) is 5.57. The number of hydrogen-bond donors (Lipinski definition) is 1. The van der Waals surface area contributed by atoms with E-state index >= 15 is 0 Å². The summed E-state index contributed by atoms with van der Waals surface area (Å²) in [6, 6.07) is 11.3. The molecule has 1 unspecified atom stereocenters. The monoisotopic (exact) mass is 332 g/mol. The van der Waals surface area contributed by atoms with Crippen molar-refractivity contribution in [1.29, 1.82) is 0 Å². The van der Waals surface area contributed by atoms with E-state index in [9.17, 15) is 0 Å². The van der Waals surface area contributed by atoms with Crippen LogP contribution < -0.4 is 5.32 Å². The molecule has 1 aromatic carbocycles. The molecule has 0 amide bonds. The van der Waals surface area contributed by atoms with Crippen molar-refractivity contribution in [3.63, 3.8) is 0 Å². The standard InChI is InChI=1S/C20H32N2O2/c1-23-17-20(9-13-24-14-10-20)16-21-19(15-22-11-5-6-12-22)18-7-3-2-4-8-18/h2-4,7-8,19,21H,5-6,9-17H2,1H3. The minimum absolute atomic E-state index is 0.213. The van der Waals surface area contributed by atoms with E-state index in [1.54, 1.807) is 0 Å². The summed E-state index contributed by atoms with van der Waals surface area (Å²) in [6.45, 7) is 7.10. The molecule has 2 aliphatic rings. The minimum Gasteiger partial charge on any atom is -0.384 e. The fourth-order valence-electron chi connectivity index (χ4n) is 4.02. The number of nitrogens with one attached hydrogen (secondary N) is 1. The molecule has 2 fully saturated rings. The molecule has 1 N–H and O–H groups in total. The van der Waals surface area contributed by atoms with Gasteiger partial charge in [0.05, 0.1) is 6.61 Å². The van der Waals surface area contributed by atoms with E-state index in [0.29, 0.717) is 6.04 Å². The topological polar surface area (TPSA) is 33.7 Å². The van der Waals surface area contributed by atoms with E-state index in [1.165, 1.54) is 31.5 Å². The maximum Gasteiger partial charge on any atom is 0.0532 e. The summed E-state index contributed by atoms with van der Waals surface area (Å²) in [4.78, 5) is 2.59. The van der Waals surface area contributed by atoms with Gasteiger partial charge < -0.3 is 19.7 Å². The predicted octanol–water partition coefficient (Wildman–Crippen LogP) is 2.86. The van der Waals surface area contributed by atoms with E-state index in [2.05, 4.69) is 40.5 Å². The lowest BCUT2D eigenvalue weighted by molar-refractivity contribution is -0.0284. The van der Waals surface area contributed by atoms with Gasteiger partial charge in [-0.15, -0.1) is 0 Å². The van der Waals surface area contributed by atoms with Gasteiger partial charge in [-0.3, -0.25) is 0 Å². The first kappa shape index (κ1) is 17.9. The van der Waals surface area contributed by atoms with Gasteiger partial charge in [0.25, 0.3) is 0 Å². The molecule has 2 aliphatic heterocycles. The van der Waals surface area contributed by atoms with Crippen molar-refractivity contribution in [3.8, 4) is 0 Å². The number of ether oxygens (including phenoxy) is 2. The number of hydrogen-bond acceptors (Lipinski definition) is 4. The lowest BCUT2D eigenvalue weighted by Crippen LogP contribution is -2.45. The predicted molar refractivity (Wildman–Crippen MR) is 97.2 cm³/mol. The molecular formula is C20H32N2O2. The second-order valence-electron chi connectivity index (χ2n) is 7.40. The Morgan fingerprint density at radius 3 is 2.54 bits per heavy atom. The van der Waals surface area contributed by atoms with Crippen LogP contribution in [0.2, 0.25) is 0 Å². The van der Waals surface area contributed by atoms with E-state index in [0.717, 1.165) is 45.8 Å². The first-order valence-corrected chi connectivity index (χ1v) is 9.39. The van der Waals surface area contributed by atoms with Crippen molar-refractivity contribution in [1.82, 2.24) is 10.2 Å². The molecule has 2 heterocycles. The fourth-order valence-corrected chi connectivity index (χ4v) is 4.02. The Morgan fingerprint density at radius 2 is 1.88 bits per heavy atom. The second kappa shape index (κ2) is 8.95. The molecule has 0 aliphatic carbocycles. The Kier molecular flexibility index (Phi) is 6.67. The van der Waals surface area contributed by atoms with E-state index < -0.39 is 0 Å². The zero-order chi connectivity index (χ0) is 16.7. The van der Waals surface area contributed by atoms with Crippen LogP contribution in [0.25, 0.3) is 0 Å². The largest absolute Gasteiger partial charge is 0.384 e. The van der Waals surface area contributed by atoms with Crippen LogP contribution in [0.3, 0.4) is 0 Å².